The molecule has 1 unspecified atom stereocenters. The second-order valence-corrected chi connectivity index (χ2v) is 23.0. The Bertz CT molecular complexity index is 2910. The predicted molar refractivity (Wildman–Crippen MR) is 306 cm³/mol. The van der Waals surface area contributed by atoms with E-state index in [1.807, 2.05) is 0 Å². The summed E-state index contributed by atoms with van der Waals surface area (Å²) in [6.45, 7) is 8.54. The van der Waals surface area contributed by atoms with Crippen molar-refractivity contribution in [1.29, 1.82) is 0 Å². The topological polar surface area (TPSA) is 237 Å². The number of esters is 2. The van der Waals surface area contributed by atoms with Crippen molar-refractivity contribution in [3.8, 4) is 17.2 Å². The number of carbonyl (C=O) groups is 9. The number of nitrogens with zero attached hydrogens (tertiary/aromatic N) is 5. The number of ketones is 1. The molecule has 0 spiro atoms. The number of Topliss-reactive ketones (excluding diaryl/α,β-unsaturated/α-hetero) is 1. The summed E-state index contributed by atoms with van der Waals surface area (Å²) >= 11 is 0. The van der Waals surface area contributed by atoms with Gasteiger partial charge in [0.1, 0.15) is 42.9 Å². The largest absolute Gasteiger partial charge is 0.493 e. The first-order valence-corrected chi connectivity index (χ1v) is 28.4. The van der Waals surface area contributed by atoms with Gasteiger partial charge in [-0.2, -0.15) is 0 Å². The number of piperidine rings is 1. The second kappa shape index (κ2) is 29.1. The SMILES string of the molecule is COc1ccc(CC[C@H]2OC(=O)[C@@H]3CCCCN3C(=O)C(=O)C(C)(C)COC(=O)/C=C\CCN(C)C(=O)[C@@H]3CCCN3C(=O)[C@H](COC(C)(C)C)N(C)C(=O)C(c3ccccc3)NC(=O)[C@H](C)N(C)C(=O)COc3cccc2c3F)cc1OC. The highest BCUT2D eigenvalue weighted by Gasteiger charge is 2.45. The normalized spacial score (nSPS) is 24.0. The van der Waals surface area contributed by atoms with Crippen LogP contribution in [0, 0.1) is 11.2 Å². The standard InChI is InChI=1S/C62H81FN6O15/c1-39-55(73)64-53(41-21-13-12-14-22-41)58(76)67(9)45(36-83-61(2,3)4)57(75)68-34-20-25-43(68)56(74)65(7)32-17-16-27-51(71)82-38-62(5,6)54(72)59(77)69-33-18-15-24-44(69)60(78)84-46(30-28-40-29-31-47(79-10)49(35-40)80-11)42-23-19-26-48(52(42)63)81-37-50(70)66(39)8/h12-14,16,19,21-23,26-27,29,31,35,39,43-46,53H,15,17-18,20,24-25,28,30,32-34,36-38H2,1-11H3,(H,64,73)/b27-16-/t39-,43-,44-,45-,46+,53?/m0/s1. The van der Waals surface area contributed by atoms with Crippen molar-refractivity contribution in [3.63, 3.8) is 0 Å². The molecular formula is C62H81FN6O15. The number of halogens is 1. The predicted octanol–water partition coefficient (Wildman–Crippen LogP) is 5.71. The van der Waals surface area contributed by atoms with Gasteiger partial charge in [0.2, 0.25) is 29.4 Å². The van der Waals surface area contributed by atoms with Gasteiger partial charge in [0.25, 0.3) is 11.8 Å². The molecule has 456 valence electrons. The van der Waals surface area contributed by atoms with Crippen LogP contribution in [-0.2, 0) is 63.8 Å². The number of hydrogen-bond acceptors (Lipinski definition) is 15. The molecule has 0 aliphatic carbocycles. The molecule has 0 saturated carbocycles. The summed E-state index contributed by atoms with van der Waals surface area (Å²) in [6, 6.07) is 11.6. The average Bonchev–Trinajstić information content (AvgIpc) is 3.09. The number of rotatable bonds is 8. The number of amides is 6. The first kappa shape index (κ1) is 65.3. The van der Waals surface area contributed by atoms with Crippen molar-refractivity contribution < 1.29 is 76.0 Å². The molecule has 3 aliphatic rings. The van der Waals surface area contributed by atoms with Crippen LogP contribution in [-0.4, -0.2) is 182 Å². The zero-order valence-corrected chi connectivity index (χ0v) is 50.1. The minimum absolute atomic E-state index is 0.00000335. The van der Waals surface area contributed by atoms with E-state index in [0.717, 1.165) is 15.9 Å². The maximum atomic E-state index is 17.0. The van der Waals surface area contributed by atoms with Crippen LogP contribution in [0.1, 0.15) is 115 Å². The Morgan fingerprint density at radius 1 is 0.750 bits per heavy atom. The van der Waals surface area contributed by atoms with Gasteiger partial charge in [-0.15, -0.1) is 0 Å². The smallest absolute Gasteiger partial charge is 0.330 e. The number of nitrogens with one attached hydrogen (secondary N) is 1. The van der Waals surface area contributed by atoms with Crippen molar-refractivity contribution in [3.05, 3.63) is 101 Å². The molecule has 6 atom stereocenters. The van der Waals surface area contributed by atoms with E-state index in [-0.39, 0.29) is 69.1 Å². The quantitative estimate of drug-likeness (QED) is 0.210. The molecule has 6 amide bonds. The van der Waals surface area contributed by atoms with Crippen LogP contribution in [0.2, 0.25) is 0 Å². The average molecular weight is 1170 g/mol. The number of aryl methyl sites for hydroxylation is 1. The molecule has 1 N–H and O–H groups in total. The maximum Gasteiger partial charge on any atom is 0.330 e. The van der Waals surface area contributed by atoms with Crippen LogP contribution >= 0.6 is 0 Å². The van der Waals surface area contributed by atoms with Crippen LogP contribution in [0.5, 0.6) is 17.2 Å². The summed E-state index contributed by atoms with van der Waals surface area (Å²) in [7, 11) is 7.30. The van der Waals surface area contributed by atoms with Crippen molar-refractivity contribution >= 4 is 53.2 Å². The van der Waals surface area contributed by atoms with Crippen molar-refractivity contribution in [2.45, 2.75) is 135 Å². The Morgan fingerprint density at radius 3 is 2.13 bits per heavy atom. The van der Waals surface area contributed by atoms with Crippen LogP contribution in [0.4, 0.5) is 4.39 Å². The van der Waals surface area contributed by atoms with E-state index in [1.165, 1.54) is 88.1 Å². The molecule has 21 nitrogen and oxygen atoms in total. The second-order valence-electron chi connectivity index (χ2n) is 23.0. The van der Waals surface area contributed by atoms with Crippen molar-refractivity contribution in [2.75, 3.05) is 74.8 Å². The minimum Gasteiger partial charge on any atom is -0.493 e. The summed E-state index contributed by atoms with van der Waals surface area (Å²) < 4.78 is 51.4. The van der Waals surface area contributed by atoms with E-state index in [4.69, 9.17) is 28.4 Å². The first-order chi connectivity index (χ1) is 39.8. The Hall–Kier alpha value is -7.88. The molecule has 3 aromatic carbocycles. The molecule has 0 aromatic heterocycles. The number of cyclic esters (lactones) is 2. The van der Waals surface area contributed by atoms with Crippen LogP contribution in [0.15, 0.2) is 78.9 Å². The number of fused-ring (bicyclic) bond motifs is 4. The Balaban J connectivity index is 1.34. The molecule has 6 rings (SSSR count). The Labute approximate surface area is 491 Å². The summed E-state index contributed by atoms with van der Waals surface area (Å²) in [5, 5.41) is 2.78. The highest BCUT2D eigenvalue weighted by molar-refractivity contribution is 6.38. The number of methoxy groups -OCH3 is 2. The van der Waals surface area contributed by atoms with Crippen LogP contribution in [0.3, 0.4) is 0 Å². The minimum atomic E-state index is -1.55. The fourth-order valence-electron chi connectivity index (χ4n) is 10.1. The monoisotopic (exact) mass is 1170 g/mol. The fraction of sp³-hybridized carbons (Fsp3) is 0.532. The molecule has 2 fully saturated rings. The molecule has 3 aromatic rings. The van der Waals surface area contributed by atoms with Gasteiger partial charge in [-0.3, -0.25) is 33.6 Å². The van der Waals surface area contributed by atoms with Crippen LogP contribution in [0.25, 0.3) is 0 Å². The van der Waals surface area contributed by atoms with E-state index >= 15 is 4.39 Å². The number of hydrogen-bond donors (Lipinski definition) is 1. The van der Waals surface area contributed by atoms with Gasteiger partial charge < -0.3 is 58.2 Å². The highest BCUT2D eigenvalue weighted by Crippen LogP contribution is 2.35. The number of carbonyl (C=O) groups excluding carboxylic acids is 9. The third-order valence-electron chi connectivity index (χ3n) is 15.4. The third-order valence-corrected chi connectivity index (χ3v) is 15.4. The number of ether oxygens (including phenoxy) is 6. The lowest BCUT2D eigenvalue weighted by Gasteiger charge is -2.37. The van der Waals surface area contributed by atoms with Crippen molar-refractivity contribution in [2.24, 2.45) is 5.41 Å². The third kappa shape index (κ3) is 16.5. The summed E-state index contributed by atoms with van der Waals surface area (Å²) in [5.74, 6) is -7.21. The van der Waals surface area contributed by atoms with Gasteiger partial charge >= 0.3 is 11.9 Å². The van der Waals surface area contributed by atoms with E-state index in [1.54, 1.807) is 76.3 Å². The summed E-state index contributed by atoms with van der Waals surface area (Å²) in [4.78, 5) is 134. The molecule has 3 heterocycles. The van der Waals surface area contributed by atoms with E-state index in [9.17, 15) is 43.2 Å². The fourth-order valence-corrected chi connectivity index (χ4v) is 10.1. The molecule has 0 radical (unpaired) electrons. The Kier molecular flexibility index (Phi) is 22.6. The highest BCUT2D eigenvalue weighted by atomic mass is 19.1. The maximum absolute atomic E-state index is 17.0. The molecule has 2 saturated heterocycles. The van der Waals surface area contributed by atoms with Gasteiger partial charge in [0, 0.05) is 52.4 Å². The van der Waals surface area contributed by atoms with Gasteiger partial charge in [-0.25, -0.2) is 14.0 Å². The first-order valence-electron chi connectivity index (χ1n) is 28.4. The number of likely N-dealkylation sites (N-methyl/N-ethyl adjacent to an activating group) is 3. The lowest BCUT2D eigenvalue weighted by atomic mass is 9.87. The van der Waals surface area contributed by atoms with Gasteiger partial charge in [0.05, 0.1) is 31.8 Å². The van der Waals surface area contributed by atoms with Crippen LogP contribution < -0.4 is 19.5 Å². The molecule has 3 aliphatic heterocycles. The molecule has 2 bridgehead atoms. The van der Waals surface area contributed by atoms with Gasteiger partial charge in [-0.05, 0) is 122 Å². The molecule has 84 heavy (non-hydrogen) atoms. The van der Waals surface area contributed by atoms with E-state index in [0.29, 0.717) is 48.3 Å². The van der Waals surface area contributed by atoms with Gasteiger partial charge in [-0.1, -0.05) is 54.6 Å². The lowest BCUT2D eigenvalue weighted by Crippen LogP contribution is -2.58. The summed E-state index contributed by atoms with van der Waals surface area (Å²) in [6.07, 6.45) is 3.67. The lowest BCUT2D eigenvalue weighted by molar-refractivity contribution is -0.165. The number of benzene rings is 3. The zero-order chi connectivity index (χ0) is 61.6. The molecular weight excluding hydrogens is 1090 g/mol. The van der Waals surface area contributed by atoms with E-state index in [2.05, 4.69) is 5.32 Å². The zero-order valence-electron chi connectivity index (χ0n) is 50.1. The van der Waals surface area contributed by atoms with Crippen molar-refractivity contribution in [1.82, 2.24) is 29.8 Å². The summed E-state index contributed by atoms with van der Waals surface area (Å²) in [5.41, 5.74) is -1.35. The van der Waals surface area contributed by atoms with E-state index < -0.39 is 114 Å². The Morgan fingerprint density at radius 2 is 1.44 bits per heavy atom. The molecule has 22 heteroatoms. The van der Waals surface area contributed by atoms with Gasteiger partial charge in [0.15, 0.2) is 29.7 Å².